The zero-order valence-corrected chi connectivity index (χ0v) is 15.0. The summed E-state index contributed by atoms with van der Waals surface area (Å²) in [5.74, 6) is 0.545. The smallest absolute Gasteiger partial charge is 0.0459 e. The number of aliphatic hydroxyl groups is 1. The van der Waals surface area contributed by atoms with E-state index >= 15 is 0 Å². The first-order valence-corrected chi connectivity index (χ1v) is 9.40. The Kier molecular flexibility index (Phi) is 17.6. The van der Waals surface area contributed by atoms with Gasteiger partial charge >= 0.3 is 0 Å². The minimum Gasteiger partial charge on any atom is -0.396 e. The van der Waals surface area contributed by atoms with Gasteiger partial charge in [-0.3, -0.25) is 0 Å². The summed E-state index contributed by atoms with van der Waals surface area (Å²) in [6, 6.07) is 0. The van der Waals surface area contributed by atoms with Crippen LogP contribution in [0.3, 0.4) is 0 Å². The van der Waals surface area contributed by atoms with E-state index < -0.39 is 0 Å². The molecule has 0 aliphatic heterocycles. The lowest BCUT2D eigenvalue weighted by Crippen LogP contribution is -2.05. The van der Waals surface area contributed by atoms with E-state index in [4.69, 9.17) is 0 Å². The summed E-state index contributed by atoms with van der Waals surface area (Å²) in [7, 11) is 0. The third-order valence-corrected chi connectivity index (χ3v) is 3.97. The molecule has 0 saturated carbocycles. The maximum Gasteiger partial charge on any atom is 0.0459 e. The van der Waals surface area contributed by atoms with Crippen LogP contribution >= 0.6 is 0 Å². The molecule has 0 aliphatic rings. The van der Waals surface area contributed by atoms with Crippen LogP contribution in [0.25, 0.3) is 0 Å². The number of hydrogen-bond acceptors (Lipinski definition) is 1. The van der Waals surface area contributed by atoms with Crippen molar-refractivity contribution in [3.8, 4) is 0 Å². The predicted molar refractivity (Wildman–Crippen MR) is 100 cm³/mol. The Balaban J connectivity index is 3.35. The highest BCUT2D eigenvalue weighted by atomic mass is 16.3. The summed E-state index contributed by atoms with van der Waals surface area (Å²) in [5, 5.41) is 9.24. The van der Waals surface area contributed by atoms with Gasteiger partial charge in [0.1, 0.15) is 0 Å². The van der Waals surface area contributed by atoms with Crippen molar-refractivity contribution in [2.45, 2.75) is 84.5 Å². The lowest BCUT2D eigenvalue weighted by Gasteiger charge is -2.12. The molecule has 0 spiro atoms. The maximum atomic E-state index is 9.24. The van der Waals surface area contributed by atoms with Crippen LogP contribution in [0.15, 0.2) is 36.5 Å². The van der Waals surface area contributed by atoms with Crippen LogP contribution in [0.5, 0.6) is 0 Å². The normalized spacial score (nSPS) is 13.8. The second-order valence-electron chi connectivity index (χ2n) is 6.12. The largest absolute Gasteiger partial charge is 0.396 e. The van der Waals surface area contributed by atoms with Crippen molar-refractivity contribution in [3.05, 3.63) is 36.5 Å². The van der Waals surface area contributed by atoms with Gasteiger partial charge in [-0.15, -0.1) is 0 Å². The molecule has 0 heterocycles. The molecule has 0 fully saturated rings. The third-order valence-electron chi connectivity index (χ3n) is 3.97. The standard InChI is InChI=1S/C21H38O/c1-3-5-6-7-8-9-10-11-12-13-14-15-16-17-19-21(20-22)18-4-2/h5-6,8-9,11-12,21-22H,3-4,7,10,13-20H2,1-2H3. The molecular weight excluding hydrogens is 268 g/mol. The topological polar surface area (TPSA) is 20.2 Å². The molecular formula is C21H38O. The maximum absolute atomic E-state index is 9.24. The van der Waals surface area contributed by atoms with E-state index in [9.17, 15) is 5.11 Å². The van der Waals surface area contributed by atoms with E-state index in [1.54, 1.807) is 0 Å². The molecule has 1 nitrogen and oxygen atoms in total. The van der Waals surface area contributed by atoms with Gasteiger partial charge in [0.2, 0.25) is 0 Å². The summed E-state index contributed by atoms with van der Waals surface area (Å²) in [4.78, 5) is 0. The van der Waals surface area contributed by atoms with Crippen LogP contribution in [0.2, 0.25) is 0 Å². The second kappa shape index (κ2) is 18.2. The molecule has 0 rings (SSSR count). The lowest BCUT2D eigenvalue weighted by atomic mass is 9.97. The van der Waals surface area contributed by atoms with Crippen LogP contribution in [0.1, 0.15) is 84.5 Å². The summed E-state index contributed by atoms with van der Waals surface area (Å²) < 4.78 is 0. The average molecular weight is 307 g/mol. The van der Waals surface area contributed by atoms with Gasteiger partial charge in [0.25, 0.3) is 0 Å². The van der Waals surface area contributed by atoms with Gasteiger partial charge in [0.15, 0.2) is 0 Å². The second-order valence-corrected chi connectivity index (χ2v) is 6.12. The Bertz CT molecular complexity index is 288. The molecule has 0 aromatic rings. The summed E-state index contributed by atoms with van der Waals surface area (Å²) >= 11 is 0. The lowest BCUT2D eigenvalue weighted by molar-refractivity contribution is 0.206. The molecule has 0 aromatic heterocycles. The quantitative estimate of drug-likeness (QED) is 0.267. The fraction of sp³-hybridized carbons (Fsp3) is 0.714. The number of unbranched alkanes of at least 4 members (excludes halogenated alkanes) is 4. The van der Waals surface area contributed by atoms with E-state index in [2.05, 4.69) is 50.3 Å². The Morgan fingerprint density at radius 3 is 2.00 bits per heavy atom. The monoisotopic (exact) mass is 306 g/mol. The van der Waals surface area contributed by atoms with Crippen molar-refractivity contribution in [2.75, 3.05) is 6.61 Å². The molecule has 1 unspecified atom stereocenters. The first kappa shape index (κ1) is 21.2. The third kappa shape index (κ3) is 15.6. The first-order chi connectivity index (χ1) is 10.8. The highest BCUT2D eigenvalue weighted by Gasteiger charge is 2.04. The molecule has 1 heteroatoms. The Morgan fingerprint density at radius 2 is 1.36 bits per heavy atom. The fourth-order valence-corrected chi connectivity index (χ4v) is 2.61. The average Bonchev–Trinajstić information content (AvgIpc) is 2.54. The van der Waals surface area contributed by atoms with Crippen LogP contribution < -0.4 is 0 Å². The van der Waals surface area contributed by atoms with Gasteiger partial charge in [-0.1, -0.05) is 76.0 Å². The van der Waals surface area contributed by atoms with Crippen LogP contribution in [0, 0.1) is 5.92 Å². The minimum absolute atomic E-state index is 0.373. The number of rotatable bonds is 15. The molecule has 0 aromatic carbocycles. The summed E-state index contributed by atoms with van der Waals surface area (Å²) in [5.41, 5.74) is 0. The van der Waals surface area contributed by atoms with Gasteiger partial charge in [0, 0.05) is 6.61 Å². The molecule has 1 atom stereocenters. The Hall–Kier alpha value is -0.820. The molecule has 22 heavy (non-hydrogen) atoms. The highest BCUT2D eigenvalue weighted by Crippen LogP contribution is 2.15. The molecule has 128 valence electrons. The number of allylic oxidation sites excluding steroid dienone is 6. The van der Waals surface area contributed by atoms with Crippen molar-refractivity contribution in [2.24, 2.45) is 5.92 Å². The van der Waals surface area contributed by atoms with Gasteiger partial charge < -0.3 is 5.11 Å². The van der Waals surface area contributed by atoms with E-state index in [-0.39, 0.29) is 0 Å². The molecule has 0 radical (unpaired) electrons. The molecule has 1 N–H and O–H groups in total. The molecule has 0 saturated heterocycles. The Labute approximate surface area is 139 Å². The van der Waals surface area contributed by atoms with E-state index in [1.165, 1.54) is 51.4 Å². The van der Waals surface area contributed by atoms with Crippen molar-refractivity contribution in [1.82, 2.24) is 0 Å². The van der Waals surface area contributed by atoms with Gasteiger partial charge in [-0.2, -0.15) is 0 Å². The number of hydrogen-bond donors (Lipinski definition) is 1. The van der Waals surface area contributed by atoms with Gasteiger partial charge in [0.05, 0.1) is 0 Å². The van der Waals surface area contributed by atoms with Gasteiger partial charge in [-0.25, -0.2) is 0 Å². The van der Waals surface area contributed by atoms with E-state index in [0.717, 1.165) is 19.3 Å². The van der Waals surface area contributed by atoms with E-state index in [0.29, 0.717) is 12.5 Å². The first-order valence-electron chi connectivity index (χ1n) is 9.40. The zero-order chi connectivity index (χ0) is 16.3. The molecule has 0 amide bonds. The fourth-order valence-electron chi connectivity index (χ4n) is 2.61. The minimum atomic E-state index is 0.373. The predicted octanol–water partition coefficient (Wildman–Crippen LogP) is 6.59. The van der Waals surface area contributed by atoms with Crippen LogP contribution in [-0.4, -0.2) is 11.7 Å². The van der Waals surface area contributed by atoms with Crippen molar-refractivity contribution in [3.63, 3.8) is 0 Å². The SMILES string of the molecule is CCC=CCC=CCC=CCCCCCCC(CO)CCC. The van der Waals surface area contributed by atoms with Crippen molar-refractivity contribution >= 4 is 0 Å². The molecule has 0 bridgehead atoms. The van der Waals surface area contributed by atoms with Gasteiger partial charge in [-0.05, 0) is 50.9 Å². The summed E-state index contributed by atoms with van der Waals surface area (Å²) in [6.45, 7) is 4.74. The van der Waals surface area contributed by atoms with Crippen LogP contribution in [0.4, 0.5) is 0 Å². The molecule has 0 aliphatic carbocycles. The number of aliphatic hydroxyl groups excluding tert-OH is 1. The Morgan fingerprint density at radius 1 is 0.727 bits per heavy atom. The van der Waals surface area contributed by atoms with Crippen molar-refractivity contribution in [1.29, 1.82) is 0 Å². The highest BCUT2D eigenvalue weighted by molar-refractivity contribution is 4.96. The van der Waals surface area contributed by atoms with Crippen molar-refractivity contribution < 1.29 is 5.11 Å². The summed E-state index contributed by atoms with van der Waals surface area (Å²) in [6.07, 6.45) is 26.8. The zero-order valence-electron chi connectivity index (χ0n) is 15.0. The van der Waals surface area contributed by atoms with E-state index in [1.807, 2.05) is 0 Å². The van der Waals surface area contributed by atoms with Crippen LogP contribution in [-0.2, 0) is 0 Å².